The Hall–Kier alpha value is -2.70. The average Bonchev–Trinajstić information content (AvgIpc) is 2.52. The molecule has 7 heteroatoms. The molecule has 2 aromatic rings. The SMILES string of the molecule is COc1ccccc1OCC(=O)Nc1ccccc1C(F)(F)F. The third-order valence-electron chi connectivity index (χ3n) is 2.93. The topological polar surface area (TPSA) is 47.6 Å². The minimum Gasteiger partial charge on any atom is -0.493 e. The predicted octanol–water partition coefficient (Wildman–Crippen LogP) is 3.73. The Morgan fingerprint density at radius 2 is 1.65 bits per heavy atom. The van der Waals surface area contributed by atoms with Crippen molar-refractivity contribution in [1.82, 2.24) is 0 Å². The number of amides is 1. The van der Waals surface area contributed by atoms with Gasteiger partial charge in [-0.3, -0.25) is 4.79 Å². The number of hydrogen-bond acceptors (Lipinski definition) is 3. The first-order valence-electron chi connectivity index (χ1n) is 6.63. The van der Waals surface area contributed by atoms with E-state index < -0.39 is 24.3 Å². The molecule has 0 spiro atoms. The molecule has 2 rings (SSSR count). The van der Waals surface area contributed by atoms with Crippen molar-refractivity contribution in [2.24, 2.45) is 0 Å². The van der Waals surface area contributed by atoms with E-state index in [1.54, 1.807) is 24.3 Å². The number of hydrogen-bond donors (Lipinski definition) is 1. The van der Waals surface area contributed by atoms with Crippen LogP contribution in [0.1, 0.15) is 5.56 Å². The highest BCUT2D eigenvalue weighted by Gasteiger charge is 2.33. The molecule has 0 saturated carbocycles. The van der Waals surface area contributed by atoms with Gasteiger partial charge in [0.1, 0.15) is 0 Å². The fourth-order valence-corrected chi connectivity index (χ4v) is 1.91. The number of halogens is 3. The number of alkyl halides is 3. The molecule has 0 atom stereocenters. The van der Waals surface area contributed by atoms with Gasteiger partial charge in [-0.2, -0.15) is 13.2 Å². The summed E-state index contributed by atoms with van der Waals surface area (Å²) in [5.41, 5.74) is -1.22. The maximum absolute atomic E-state index is 12.8. The molecule has 0 aliphatic rings. The number of nitrogens with one attached hydrogen (secondary N) is 1. The van der Waals surface area contributed by atoms with Crippen LogP contribution in [-0.4, -0.2) is 19.6 Å². The lowest BCUT2D eigenvalue weighted by Crippen LogP contribution is -2.22. The summed E-state index contributed by atoms with van der Waals surface area (Å²) in [4.78, 5) is 11.8. The van der Waals surface area contributed by atoms with E-state index >= 15 is 0 Å². The lowest BCUT2D eigenvalue weighted by Gasteiger charge is -2.14. The molecule has 1 N–H and O–H groups in total. The van der Waals surface area contributed by atoms with Gasteiger partial charge in [0.05, 0.1) is 18.4 Å². The maximum atomic E-state index is 12.8. The van der Waals surface area contributed by atoms with Gasteiger partial charge in [0.25, 0.3) is 5.91 Å². The molecule has 4 nitrogen and oxygen atoms in total. The molecule has 0 aliphatic heterocycles. The van der Waals surface area contributed by atoms with Crippen LogP contribution < -0.4 is 14.8 Å². The standard InChI is InChI=1S/C16H14F3NO3/c1-22-13-8-4-5-9-14(13)23-10-15(21)20-12-7-3-2-6-11(12)16(17,18)19/h2-9H,10H2,1H3,(H,20,21). The smallest absolute Gasteiger partial charge is 0.418 e. The second kappa shape index (κ2) is 7.04. The Bertz CT molecular complexity index is 686. The predicted molar refractivity (Wildman–Crippen MR) is 78.6 cm³/mol. The summed E-state index contributed by atoms with van der Waals surface area (Å²) in [6.07, 6.45) is -4.55. The van der Waals surface area contributed by atoms with Gasteiger partial charge in [-0.25, -0.2) is 0 Å². The first-order chi connectivity index (χ1) is 10.9. The summed E-state index contributed by atoms with van der Waals surface area (Å²) in [6.45, 7) is -0.438. The first-order valence-corrected chi connectivity index (χ1v) is 6.63. The number of carbonyl (C=O) groups is 1. The van der Waals surface area contributed by atoms with Gasteiger partial charge < -0.3 is 14.8 Å². The average molecular weight is 325 g/mol. The summed E-state index contributed by atoms with van der Waals surface area (Å²) in [7, 11) is 1.45. The largest absolute Gasteiger partial charge is 0.493 e. The van der Waals surface area contributed by atoms with Crippen molar-refractivity contribution in [2.45, 2.75) is 6.18 Å². The second-order valence-electron chi connectivity index (χ2n) is 4.53. The molecular weight excluding hydrogens is 311 g/mol. The van der Waals surface area contributed by atoms with Gasteiger partial charge in [-0.05, 0) is 24.3 Å². The van der Waals surface area contributed by atoms with Crippen LogP contribution in [0.25, 0.3) is 0 Å². The Labute approximate surface area is 130 Å². The van der Waals surface area contributed by atoms with Crippen LogP contribution in [0, 0.1) is 0 Å². The lowest BCUT2D eigenvalue weighted by atomic mass is 10.1. The maximum Gasteiger partial charge on any atom is 0.418 e. The molecule has 0 unspecified atom stereocenters. The van der Waals surface area contributed by atoms with Crippen LogP contribution in [0.4, 0.5) is 18.9 Å². The van der Waals surface area contributed by atoms with Crippen LogP contribution >= 0.6 is 0 Å². The molecular formula is C16H14F3NO3. The minimum absolute atomic E-state index is 0.311. The minimum atomic E-state index is -4.55. The van der Waals surface area contributed by atoms with Gasteiger partial charge in [0, 0.05) is 0 Å². The van der Waals surface area contributed by atoms with Gasteiger partial charge in [-0.15, -0.1) is 0 Å². The fourth-order valence-electron chi connectivity index (χ4n) is 1.91. The lowest BCUT2D eigenvalue weighted by molar-refractivity contribution is -0.137. The van der Waals surface area contributed by atoms with E-state index in [0.717, 1.165) is 6.07 Å². The Morgan fingerprint density at radius 1 is 1.04 bits per heavy atom. The van der Waals surface area contributed by atoms with Crippen molar-refractivity contribution in [3.63, 3.8) is 0 Å². The molecule has 0 aliphatic carbocycles. The van der Waals surface area contributed by atoms with E-state index in [9.17, 15) is 18.0 Å². The molecule has 1 amide bonds. The van der Waals surface area contributed by atoms with Crippen molar-refractivity contribution < 1.29 is 27.4 Å². The van der Waals surface area contributed by atoms with Gasteiger partial charge in [0.15, 0.2) is 18.1 Å². The number of benzene rings is 2. The molecule has 0 aromatic heterocycles. The van der Waals surface area contributed by atoms with Gasteiger partial charge in [-0.1, -0.05) is 24.3 Å². The van der Waals surface area contributed by atoms with E-state index in [4.69, 9.17) is 9.47 Å². The van der Waals surface area contributed by atoms with Crippen molar-refractivity contribution in [2.75, 3.05) is 19.0 Å². The van der Waals surface area contributed by atoms with E-state index in [-0.39, 0.29) is 5.69 Å². The monoisotopic (exact) mass is 325 g/mol. The molecule has 0 saturated heterocycles. The molecule has 2 aromatic carbocycles. The number of methoxy groups -OCH3 is 1. The quantitative estimate of drug-likeness (QED) is 0.911. The highest BCUT2D eigenvalue weighted by Crippen LogP contribution is 2.34. The number of anilines is 1. The van der Waals surface area contributed by atoms with Crippen LogP contribution in [0.5, 0.6) is 11.5 Å². The zero-order valence-corrected chi connectivity index (χ0v) is 12.2. The van der Waals surface area contributed by atoms with Gasteiger partial charge in [0.2, 0.25) is 0 Å². The van der Waals surface area contributed by atoms with E-state index in [1.807, 2.05) is 0 Å². The van der Waals surface area contributed by atoms with E-state index in [2.05, 4.69) is 5.32 Å². The van der Waals surface area contributed by atoms with Crippen LogP contribution in [0.15, 0.2) is 48.5 Å². The van der Waals surface area contributed by atoms with Crippen molar-refractivity contribution >= 4 is 11.6 Å². The normalized spacial score (nSPS) is 11.0. The summed E-state index contributed by atoms with van der Waals surface area (Å²) in [5, 5.41) is 2.20. The number of rotatable bonds is 5. The van der Waals surface area contributed by atoms with E-state index in [1.165, 1.54) is 25.3 Å². The highest BCUT2D eigenvalue weighted by molar-refractivity contribution is 5.92. The second-order valence-corrected chi connectivity index (χ2v) is 4.53. The van der Waals surface area contributed by atoms with Gasteiger partial charge >= 0.3 is 6.18 Å². The molecule has 0 bridgehead atoms. The highest BCUT2D eigenvalue weighted by atomic mass is 19.4. The zero-order valence-electron chi connectivity index (χ0n) is 12.2. The van der Waals surface area contributed by atoms with Crippen LogP contribution in [0.2, 0.25) is 0 Å². The summed E-state index contributed by atoms with van der Waals surface area (Å²) >= 11 is 0. The third kappa shape index (κ3) is 4.38. The first kappa shape index (κ1) is 16.7. The molecule has 122 valence electrons. The number of para-hydroxylation sites is 3. The van der Waals surface area contributed by atoms with Crippen molar-refractivity contribution in [3.8, 4) is 11.5 Å². The summed E-state index contributed by atoms with van der Waals surface area (Å²) < 4.78 is 48.9. The summed E-state index contributed by atoms with van der Waals surface area (Å²) in [6, 6.07) is 11.4. The number of ether oxygens (including phenoxy) is 2. The van der Waals surface area contributed by atoms with Crippen LogP contribution in [0.3, 0.4) is 0 Å². The molecule has 23 heavy (non-hydrogen) atoms. The van der Waals surface area contributed by atoms with E-state index in [0.29, 0.717) is 11.5 Å². The molecule has 0 heterocycles. The Kier molecular flexibility index (Phi) is 5.10. The van der Waals surface area contributed by atoms with Crippen LogP contribution in [-0.2, 0) is 11.0 Å². The Balaban J connectivity index is 2.04. The van der Waals surface area contributed by atoms with Crippen molar-refractivity contribution in [1.29, 1.82) is 0 Å². The summed E-state index contributed by atoms with van der Waals surface area (Å²) in [5.74, 6) is 0.0536. The zero-order chi connectivity index (χ0) is 16.9. The number of carbonyl (C=O) groups excluding carboxylic acids is 1. The molecule has 0 fully saturated rings. The molecule has 0 radical (unpaired) electrons. The van der Waals surface area contributed by atoms with Crippen molar-refractivity contribution in [3.05, 3.63) is 54.1 Å². The Morgan fingerprint density at radius 3 is 2.30 bits per heavy atom. The fraction of sp³-hybridized carbons (Fsp3) is 0.188. The third-order valence-corrected chi connectivity index (χ3v) is 2.93.